The van der Waals surface area contributed by atoms with Crippen molar-refractivity contribution in [2.24, 2.45) is 5.92 Å². The van der Waals surface area contributed by atoms with Crippen molar-refractivity contribution in [2.45, 2.75) is 10.5 Å². The van der Waals surface area contributed by atoms with Crippen LogP contribution < -0.4 is 0 Å². The summed E-state index contributed by atoms with van der Waals surface area (Å²) in [6, 6.07) is 10.7. The first kappa shape index (κ1) is 11.7. The fourth-order valence-corrected chi connectivity index (χ4v) is 3.87. The lowest BCUT2D eigenvalue weighted by Crippen LogP contribution is -2.20. The molecule has 2 unspecified atom stereocenters. The molecule has 1 saturated heterocycles. The third-order valence-corrected chi connectivity index (χ3v) is 4.80. The highest BCUT2D eigenvalue weighted by molar-refractivity contribution is 14.1. The smallest absolute Gasteiger partial charge is 0.0285 e. The summed E-state index contributed by atoms with van der Waals surface area (Å²) in [6.45, 7) is 3.50. The van der Waals surface area contributed by atoms with Crippen LogP contribution in [0.1, 0.15) is 5.56 Å². The van der Waals surface area contributed by atoms with Gasteiger partial charge in [-0.25, -0.2) is 0 Å². The predicted octanol–water partition coefficient (Wildman–Crippen LogP) is 2.85. The first-order valence-electron chi connectivity index (χ1n) is 5.31. The number of benzene rings is 1. The predicted molar refractivity (Wildman–Crippen MR) is 76.9 cm³/mol. The number of rotatable bonds is 3. The highest BCUT2D eigenvalue weighted by Gasteiger charge is 2.29. The Bertz CT molecular complexity index is 304. The summed E-state index contributed by atoms with van der Waals surface area (Å²) in [7, 11) is 0. The molecule has 2 rings (SSSR count). The molecule has 1 aliphatic rings. The van der Waals surface area contributed by atoms with Gasteiger partial charge in [-0.05, 0) is 17.2 Å². The number of alkyl halides is 1. The van der Waals surface area contributed by atoms with Crippen LogP contribution in [0.4, 0.5) is 0 Å². The van der Waals surface area contributed by atoms with Gasteiger partial charge in [-0.15, -0.1) is 0 Å². The van der Waals surface area contributed by atoms with Crippen molar-refractivity contribution in [2.75, 3.05) is 18.8 Å². The van der Waals surface area contributed by atoms with Crippen molar-refractivity contribution in [3.8, 4) is 0 Å². The minimum Gasteiger partial charge on any atom is -0.298 e. The summed E-state index contributed by atoms with van der Waals surface area (Å²) in [6.07, 6.45) is 0. The molecule has 0 aromatic heterocycles. The lowest BCUT2D eigenvalue weighted by Gasteiger charge is -2.15. The van der Waals surface area contributed by atoms with Crippen LogP contribution >= 0.6 is 35.2 Å². The SMILES string of the molecule is SCC1CN(Cc2ccccc2)CC1I. The molecule has 0 aliphatic carbocycles. The lowest BCUT2D eigenvalue weighted by molar-refractivity contribution is 0.321. The Balaban J connectivity index is 1.92. The van der Waals surface area contributed by atoms with Gasteiger partial charge in [0.05, 0.1) is 0 Å². The average Bonchev–Trinajstić information content (AvgIpc) is 2.60. The summed E-state index contributed by atoms with van der Waals surface area (Å²) >= 11 is 6.97. The van der Waals surface area contributed by atoms with Crippen LogP contribution in [0.5, 0.6) is 0 Å². The molecule has 2 atom stereocenters. The Hall–Kier alpha value is 0.260. The van der Waals surface area contributed by atoms with Gasteiger partial charge in [0.1, 0.15) is 0 Å². The van der Waals surface area contributed by atoms with E-state index in [1.165, 1.54) is 18.7 Å². The van der Waals surface area contributed by atoms with E-state index < -0.39 is 0 Å². The highest BCUT2D eigenvalue weighted by atomic mass is 127. The molecular weight excluding hydrogens is 317 g/mol. The average molecular weight is 333 g/mol. The number of nitrogens with zero attached hydrogens (tertiary/aromatic N) is 1. The van der Waals surface area contributed by atoms with Crippen LogP contribution in [0.3, 0.4) is 0 Å². The molecule has 0 bridgehead atoms. The van der Waals surface area contributed by atoms with Gasteiger partial charge in [0.15, 0.2) is 0 Å². The number of thiol groups is 1. The van der Waals surface area contributed by atoms with Gasteiger partial charge < -0.3 is 0 Å². The molecule has 0 spiro atoms. The second-order valence-corrected chi connectivity index (χ2v) is 6.10. The summed E-state index contributed by atoms with van der Waals surface area (Å²) in [5.74, 6) is 1.77. The summed E-state index contributed by atoms with van der Waals surface area (Å²) in [4.78, 5) is 2.54. The monoisotopic (exact) mass is 333 g/mol. The molecule has 0 N–H and O–H groups in total. The Morgan fingerprint density at radius 1 is 1.27 bits per heavy atom. The maximum Gasteiger partial charge on any atom is 0.0285 e. The van der Waals surface area contributed by atoms with Crippen molar-refractivity contribution in [1.29, 1.82) is 0 Å². The van der Waals surface area contributed by atoms with Crippen LogP contribution in [-0.2, 0) is 6.54 Å². The van der Waals surface area contributed by atoms with Crippen LogP contribution in [-0.4, -0.2) is 27.7 Å². The van der Waals surface area contributed by atoms with Gasteiger partial charge in [-0.1, -0.05) is 52.9 Å². The quantitative estimate of drug-likeness (QED) is 0.506. The van der Waals surface area contributed by atoms with Crippen molar-refractivity contribution in [3.63, 3.8) is 0 Å². The van der Waals surface area contributed by atoms with Gasteiger partial charge in [0, 0.05) is 23.6 Å². The van der Waals surface area contributed by atoms with E-state index in [1.54, 1.807) is 0 Å². The van der Waals surface area contributed by atoms with E-state index in [9.17, 15) is 0 Å². The van der Waals surface area contributed by atoms with Gasteiger partial charge in [0.25, 0.3) is 0 Å². The Labute approximate surface area is 111 Å². The van der Waals surface area contributed by atoms with Gasteiger partial charge in [-0.2, -0.15) is 12.6 Å². The number of likely N-dealkylation sites (tertiary alicyclic amines) is 1. The Kier molecular flexibility index (Phi) is 4.34. The van der Waals surface area contributed by atoms with Crippen molar-refractivity contribution < 1.29 is 0 Å². The zero-order valence-corrected chi connectivity index (χ0v) is 11.7. The zero-order valence-electron chi connectivity index (χ0n) is 8.64. The topological polar surface area (TPSA) is 3.24 Å². The summed E-state index contributed by atoms with van der Waals surface area (Å²) in [5, 5.41) is 0. The largest absolute Gasteiger partial charge is 0.298 e. The lowest BCUT2D eigenvalue weighted by atomic mass is 10.1. The van der Waals surface area contributed by atoms with E-state index >= 15 is 0 Å². The molecule has 3 heteroatoms. The van der Waals surface area contributed by atoms with E-state index in [1.807, 2.05) is 0 Å². The third kappa shape index (κ3) is 3.11. The number of hydrogen-bond donors (Lipinski definition) is 1. The molecule has 1 heterocycles. The third-order valence-electron chi connectivity index (χ3n) is 2.92. The second kappa shape index (κ2) is 5.55. The molecular formula is C12H16INS. The second-order valence-electron chi connectivity index (χ2n) is 4.14. The minimum atomic E-state index is 0.762. The van der Waals surface area contributed by atoms with E-state index in [0.29, 0.717) is 0 Å². The van der Waals surface area contributed by atoms with Crippen LogP contribution in [0.2, 0.25) is 0 Å². The van der Waals surface area contributed by atoms with Crippen molar-refractivity contribution >= 4 is 35.2 Å². The summed E-state index contributed by atoms with van der Waals surface area (Å²) in [5.41, 5.74) is 1.42. The van der Waals surface area contributed by atoms with E-state index in [0.717, 1.165) is 22.1 Å². The van der Waals surface area contributed by atoms with Crippen LogP contribution in [0.25, 0.3) is 0 Å². The van der Waals surface area contributed by atoms with E-state index in [4.69, 9.17) is 0 Å². The van der Waals surface area contributed by atoms with Crippen molar-refractivity contribution in [3.05, 3.63) is 35.9 Å². The highest BCUT2D eigenvalue weighted by Crippen LogP contribution is 2.26. The Morgan fingerprint density at radius 2 is 2.00 bits per heavy atom. The standard InChI is InChI=1S/C12H16INS/c13-12-8-14(7-11(12)9-15)6-10-4-2-1-3-5-10/h1-5,11-12,15H,6-9H2. The molecule has 1 nitrogen and oxygen atoms in total. The van der Waals surface area contributed by atoms with Crippen LogP contribution in [0, 0.1) is 5.92 Å². The first-order chi connectivity index (χ1) is 7.29. The molecule has 1 aromatic rings. The molecule has 1 aliphatic heterocycles. The summed E-state index contributed by atoms with van der Waals surface area (Å²) < 4.78 is 0.767. The maximum atomic E-state index is 4.41. The maximum absolute atomic E-state index is 4.41. The number of halogens is 1. The zero-order chi connectivity index (χ0) is 10.7. The molecule has 82 valence electrons. The van der Waals surface area contributed by atoms with E-state index in [2.05, 4.69) is 70.5 Å². The molecule has 0 amide bonds. The van der Waals surface area contributed by atoms with Crippen molar-refractivity contribution in [1.82, 2.24) is 4.90 Å². The van der Waals surface area contributed by atoms with Gasteiger partial charge in [-0.3, -0.25) is 4.90 Å². The first-order valence-corrected chi connectivity index (χ1v) is 7.18. The van der Waals surface area contributed by atoms with E-state index in [-0.39, 0.29) is 0 Å². The minimum absolute atomic E-state index is 0.762. The number of hydrogen-bond acceptors (Lipinski definition) is 2. The molecule has 1 fully saturated rings. The fourth-order valence-electron chi connectivity index (χ4n) is 2.06. The van der Waals surface area contributed by atoms with Gasteiger partial charge in [0.2, 0.25) is 0 Å². The molecule has 0 saturated carbocycles. The molecule has 1 aromatic carbocycles. The normalized spacial score (nSPS) is 27.1. The molecule has 0 radical (unpaired) electrons. The van der Waals surface area contributed by atoms with Crippen LogP contribution in [0.15, 0.2) is 30.3 Å². The fraction of sp³-hybridized carbons (Fsp3) is 0.500. The van der Waals surface area contributed by atoms with Gasteiger partial charge >= 0.3 is 0 Å². The molecule has 15 heavy (non-hydrogen) atoms. The Morgan fingerprint density at radius 3 is 2.60 bits per heavy atom.